The molecule has 2 aromatic rings. The molecule has 8 heteroatoms. The Balaban J connectivity index is 2.03. The molecule has 0 aliphatic carbocycles. The van der Waals surface area contributed by atoms with Crippen LogP contribution in [0.4, 0.5) is 0 Å². The van der Waals surface area contributed by atoms with Crippen LogP contribution >= 0.6 is 0 Å². The van der Waals surface area contributed by atoms with Crippen molar-refractivity contribution in [1.82, 2.24) is 13.8 Å². The number of likely N-dealkylation sites (N-methyl/N-ethyl adjacent to an activating group) is 1. The van der Waals surface area contributed by atoms with Gasteiger partial charge in [0.1, 0.15) is 10.6 Å². The number of sulfonamides is 1. The molecule has 140 valence electrons. The third-order valence-corrected chi connectivity index (χ3v) is 6.63. The maximum Gasteiger partial charge on any atom is 0.352 e. The van der Waals surface area contributed by atoms with Crippen LogP contribution in [0, 0.1) is 0 Å². The highest BCUT2D eigenvalue weighted by molar-refractivity contribution is 7.89. The van der Waals surface area contributed by atoms with Crippen LogP contribution in [0.5, 0.6) is 0 Å². The summed E-state index contributed by atoms with van der Waals surface area (Å²) in [6.45, 7) is 3.75. The predicted molar refractivity (Wildman–Crippen MR) is 97.6 cm³/mol. The molecule has 1 aliphatic heterocycles. The fourth-order valence-electron chi connectivity index (χ4n) is 3.34. The van der Waals surface area contributed by atoms with Crippen LogP contribution in [0.25, 0.3) is 0 Å². The second-order valence-corrected chi connectivity index (χ2v) is 8.35. The lowest BCUT2D eigenvalue weighted by Crippen LogP contribution is -2.49. The molecule has 1 aromatic carbocycles. The molecule has 0 radical (unpaired) electrons. The maximum atomic E-state index is 13.3. The summed E-state index contributed by atoms with van der Waals surface area (Å²) >= 11 is 0. The van der Waals surface area contributed by atoms with Gasteiger partial charge in [0, 0.05) is 32.4 Å². The minimum absolute atomic E-state index is 0.0172. The van der Waals surface area contributed by atoms with Crippen molar-refractivity contribution in [2.24, 2.45) is 0 Å². The van der Waals surface area contributed by atoms with Gasteiger partial charge in [-0.2, -0.15) is 4.31 Å². The topological polar surface area (TPSA) is 82.9 Å². The Kier molecular flexibility index (Phi) is 5.17. The summed E-state index contributed by atoms with van der Waals surface area (Å²) in [6, 6.07) is 10.5. The largest absolute Gasteiger partial charge is 0.477 e. The fraction of sp³-hybridized carbons (Fsp3) is 0.389. The molecule has 26 heavy (non-hydrogen) atoms. The minimum atomic E-state index is -3.81. The molecular formula is C18H23N3O4S. The molecule has 1 atom stereocenters. The quantitative estimate of drug-likeness (QED) is 0.860. The van der Waals surface area contributed by atoms with Gasteiger partial charge >= 0.3 is 5.97 Å². The molecule has 1 N–H and O–H groups in total. The molecule has 7 nitrogen and oxygen atoms in total. The predicted octanol–water partition coefficient (Wildman–Crippen LogP) is 1.88. The zero-order valence-electron chi connectivity index (χ0n) is 14.9. The fourth-order valence-corrected chi connectivity index (χ4v) is 4.98. The molecule has 1 unspecified atom stereocenters. The number of aromatic carboxylic acids is 1. The average Bonchev–Trinajstić information content (AvgIpc) is 3.08. The van der Waals surface area contributed by atoms with Gasteiger partial charge < -0.3 is 14.6 Å². The molecular weight excluding hydrogens is 354 g/mol. The van der Waals surface area contributed by atoms with Gasteiger partial charge in [-0.3, -0.25) is 0 Å². The number of carbonyl (C=O) groups is 1. The molecule has 0 spiro atoms. The number of piperazine rings is 1. The lowest BCUT2D eigenvalue weighted by atomic mass is 10.1. The van der Waals surface area contributed by atoms with Gasteiger partial charge in [-0.1, -0.05) is 30.3 Å². The van der Waals surface area contributed by atoms with Crippen molar-refractivity contribution in [3.8, 4) is 0 Å². The normalized spacial score (nSPS) is 19.5. The lowest BCUT2D eigenvalue weighted by molar-refractivity contribution is 0.0685. The van der Waals surface area contributed by atoms with Crippen molar-refractivity contribution in [2.75, 3.05) is 26.7 Å². The maximum absolute atomic E-state index is 13.3. The van der Waals surface area contributed by atoms with Crippen LogP contribution in [-0.4, -0.2) is 59.9 Å². The smallest absolute Gasteiger partial charge is 0.352 e. The number of nitrogens with zero attached hydrogens (tertiary/aromatic N) is 3. The van der Waals surface area contributed by atoms with Crippen LogP contribution in [0.15, 0.2) is 47.5 Å². The Labute approximate surface area is 153 Å². The van der Waals surface area contributed by atoms with Crippen molar-refractivity contribution < 1.29 is 18.3 Å². The molecule has 2 heterocycles. The van der Waals surface area contributed by atoms with E-state index in [0.717, 1.165) is 5.56 Å². The minimum Gasteiger partial charge on any atom is -0.477 e. The molecule has 1 saturated heterocycles. The molecule has 1 fully saturated rings. The van der Waals surface area contributed by atoms with Crippen LogP contribution < -0.4 is 0 Å². The van der Waals surface area contributed by atoms with Gasteiger partial charge in [0.15, 0.2) is 0 Å². The zero-order chi connectivity index (χ0) is 18.9. The Hall–Kier alpha value is -2.16. The van der Waals surface area contributed by atoms with Gasteiger partial charge in [-0.25, -0.2) is 13.2 Å². The van der Waals surface area contributed by atoms with E-state index in [9.17, 15) is 18.3 Å². The third-order valence-electron chi connectivity index (χ3n) is 4.76. The average molecular weight is 377 g/mol. The van der Waals surface area contributed by atoms with Crippen LogP contribution in [0.3, 0.4) is 0 Å². The monoisotopic (exact) mass is 377 g/mol. The first-order valence-corrected chi connectivity index (χ1v) is 9.97. The Bertz CT molecular complexity index is 892. The molecule has 1 aliphatic rings. The molecule has 0 saturated carbocycles. The summed E-state index contributed by atoms with van der Waals surface area (Å²) < 4.78 is 29.5. The number of aromatic nitrogens is 1. The molecule has 3 rings (SSSR count). The highest BCUT2D eigenvalue weighted by Gasteiger charge is 2.37. The number of carboxylic acids is 1. The number of rotatable bonds is 5. The van der Waals surface area contributed by atoms with Gasteiger partial charge in [0.05, 0.1) is 6.04 Å². The van der Waals surface area contributed by atoms with Crippen molar-refractivity contribution in [3.63, 3.8) is 0 Å². The highest BCUT2D eigenvalue weighted by atomic mass is 32.2. The Morgan fingerprint density at radius 2 is 1.92 bits per heavy atom. The van der Waals surface area contributed by atoms with Gasteiger partial charge in [-0.15, -0.1) is 0 Å². The number of hydrogen-bond donors (Lipinski definition) is 1. The number of carboxylic acid groups (broad SMARTS) is 1. The number of aryl methyl sites for hydroxylation is 1. The lowest BCUT2D eigenvalue weighted by Gasteiger charge is -2.39. The second kappa shape index (κ2) is 7.22. The van der Waals surface area contributed by atoms with E-state index in [1.807, 2.05) is 37.4 Å². The standard InChI is InChI=1S/C18H23N3O4S/c1-3-20-12-15(11-16(20)18(22)23)26(24,25)21-10-9-19(2)13-17(21)14-7-5-4-6-8-14/h4-8,11-12,17H,3,9-10,13H2,1-2H3,(H,22,23). The summed E-state index contributed by atoms with van der Waals surface area (Å²) in [6.07, 6.45) is 1.42. The van der Waals surface area contributed by atoms with Crippen molar-refractivity contribution in [1.29, 1.82) is 0 Å². The van der Waals surface area contributed by atoms with E-state index in [-0.39, 0.29) is 16.6 Å². The molecule has 0 bridgehead atoms. The molecule has 0 amide bonds. The summed E-state index contributed by atoms with van der Waals surface area (Å²) in [5, 5.41) is 9.31. The Morgan fingerprint density at radius 1 is 1.23 bits per heavy atom. The van der Waals surface area contributed by atoms with E-state index in [1.54, 1.807) is 6.92 Å². The number of hydrogen-bond acceptors (Lipinski definition) is 4. The van der Waals surface area contributed by atoms with E-state index in [1.165, 1.54) is 21.1 Å². The second-order valence-electron chi connectivity index (χ2n) is 6.46. The zero-order valence-corrected chi connectivity index (χ0v) is 15.7. The van der Waals surface area contributed by atoms with Gasteiger partial charge in [0.25, 0.3) is 0 Å². The molecule has 1 aromatic heterocycles. The van der Waals surface area contributed by atoms with Gasteiger partial charge in [0.2, 0.25) is 10.0 Å². The first-order valence-electron chi connectivity index (χ1n) is 8.53. The highest BCUT2D eigenvalue weighted by Crippen LogP contribution is 2.31. The van der Waals surface area contributed by atoms with E-state index in [0.29, 0.717) is 26.2 Å². The Morgan fingerprint density at radius 3 is 2.50 bits per heavy atom. The van der Waals surface area contributed by atoms with Crippen LogP contribution in [0.2, 0.25) is 0 Å². The summed E-state index contributed by atoms with van der Waals surface area (Å²) in [4.78, 5) is 13.5. The van der Waals surface area contributed by atoms with E-state index in [2.05, 4.69) is 4.90 Å². The van der Waals surface area contributed by atoms with Crippen LogP contribution in [0.1, 0.15) is 29.0 Å². The van der Waals surface area contributed by atoms with Crippen molar-refractivity contribution >= 4 is 16.0 Å². The summed E-state index contributed by atoms with van der Waals surface area (Å²) in [5.74, 6) is -1.13. The van der Waals surface area contributed by atoms with Crippen molar-refractivity contribution in [2.45, 2.75) is 24.4 Å². The van der Waals surface area contributed by atoms with Crippen molar-refractivity contribution in [3.05, 3.63) is 53.9 Å². The van der Waals surface area contributed by atoms with E-state index in [4.69, 9.17) is 0 Å². The first kappa shape index (κ1) is 18.6. The van der Waals surface area contributed by atoms with E-state index >= 15 is 0 Å². The SMILES string of the molecule is CCn1cc(S(=O)(=O)N2CCN(C)CC2c2ccccc2)cc1C(=O)O. The summed E-state index contributed by atoms with van der Waals surface area (Å²) in [5.41, 5.74) is 0.910. The van der Waals surface area contributed by atoms with Crippen LogP contribution in [-0.2, 0) is 16.6 Å². The first-order chi connectivity index (χ1) is 12.3. The third kappa shape index (κ3) is 3.40. The summed E-state index contributed by atoms with van der Waals surface area (Å²) in [7, 11) is -1.84. The van der Waals surface area contributed by atoms with E-state index < -0.39 is 16.0 Å². The number of benzene rings is 1. The van der Waals surface area contributed by atoms with Gasteiger partial charge in [-0.05, 0) is 25.6 Å².